The van der Waals surface area contributed by atoms with Gasteiger partial charge in [-0.1, -0.05) is 30.3 Å². The van der Waals surface area contributed by atoms with Crippen molar-refractivity contribution in [3.63, 3.8) is 0 Å². The molecule has 0 amide bonds. The number of hydrogen-bond acceptors (Lipinski definition) is 4. The molecule has 6 heteroatoms. The standard InChI is InChI=1S/C12H15N3O2S/c1-18(16,17)11-8-14-15(9-11)12(7-13)10-5-3-2-4-6-10/h2-6,8-9,12H,7,13H2,1H3. The molecule has 0 radical (unpaired) electrons. The van der Waals surface area contributed by atoms with Gasteiger partial charge in [-0.15, -0.1) is 0 Å². The molecule has 1 atom stereocenters. The van der Waals surface area contributed by atoms with Gasteiger partial charge in [-0.25, -0.2) is 8.42 Å². The fraction of sp³-hybridized carbons (Fsp3) is 0.250. The van der Waals surface area contributed by atoms with Gasteiger partial charge in [0.25, 0.3) is 0 Å². The molecule has 0 saturated carbocycles. The van der Waals surface area contributed by atoms with E-state index in [1.165, 1.54) is 12.4 Å². The lowest BCUT2D eigenvalue weighted by atomic mass is 10.1. The summed E-state index contributed by atoms with van der Waals surface area (Å²) in [5.74, 6) is 0. The zero-order chi connectivity index (χ0) is 13.2. The second-order valence-corrected chi connectivity index (χ2v) is 6.11. The van der Waals surface area contributed by atoms with Crippen LogP contribution in [0, 0.1) is 0 Å². The maximum atomic E-state index is 11.4. The second-order valence-electron chi connectivity index (χ2n) is 4.09. The smallest absolute Gasteiger partial charge is 0.178 e. The molecule has 2 N–H and O–H groups in total. The number of nitrogens with zero attached hydrogens (tertiary/aromatic N) is 2. The molecular formula is C12H15N3O2S. The van der Waals surface area contributed by atoms with Gasteiger partial charge in [0, 0.05) is 19.0 Å². The van der Waals surface area contributed by atoms with Crippen LogP contribution in [0.4, 0.5) is 0 Å². The third-order valence-corrected chi connectivity index (χ3v) is 3.80. The summed E-state index contributed by atoms with van der Waals surface area (Å²) in [4.78, 5) is 0.205. The maximum Gasteiger partial charge on any atom is 0.178 e. The molecule has 5 nitrogen and oxygen atoms in total. The van der Waals surface area contributed by atoms with Crippen LogP contribution in [0.1, 0.15) is 11.6 Å². The molecule has 0 spiro atoms. The first-order chi connectivity index (χ1) is 8.52. The van der Waals surface area contributed by atoms with Crippen LogP contribution in [0.25, 0.3) is 0 Å². The zero-order valence-corrected chi connectivity index (χ0v) is 10.8. The Labute approximate surface area is 106 Å². The Hall–Kier alpha value is -1.66. The van der Waals surface area contributed by atoms with E-state index < -0.39 is 9.84 Å². The van der Waals surface area contributed by atoms with Crippen LogP contribution < -0.4 is 5.73 Å². The van der Waals surface area contributed by atoms with Gasteiger partial charge in [0.15, 0.2) is 9.84 Å². The van der Waals surface area contributed by atoms with E-state index in [-0.39, 0.29) is 10.9 Å². The minimum atomic E-state index is -3.23. The van der Waals surface area contributed by atoms with Crippen molar-refractivity contribution in [1.29, 1.82) is 0 Å². The van der Waals surface area contributed by atoms with Crippen molar-refractivity contribution >= 4 is 9.84 Å². The van der Waals surface area contributed by atoms with Crippen molar-refractivity contribution in [2.75, 3.05) is 12.8 Å². The molecule has 1 aromatic heterocycles. The Balaban J connectivity index is 2.38. The number of sulfone groups is 1. The highest BCUT2D eigenvalue weighted by molar-refractivity contribution is 7.90. The molecule has 0 aliphatic carbocycles. The quantitative estimate of drug-likeness (QED) is 0.888. The summed E-state index contributed by atoms with van der Waals surface area (Å²) in [6.07, 6.45) is 4.02. The predicted octanol–water partition coefficient (Wildman–Crippen LogP) is 0.835. The van der Waals surface area contributed by atoms with E-state index in [4.69, 9.17) is 5.73 Å². The van der Waals surface area contributed by atoms with Crippen molar-refractivity contribution in [2.24, 2.45) is 5.73 Å². The van der Waals surface area contributed by atoms with E-state index in [2.05, 4.69) is 5.10 Å². The highest BCUT2D eigenvalue weighted by atomic mass is 32.2. The molecule has 1 aromatic carbocycles. The van der Waals surface area contributed by atoms with Gasteiger partial charge in [0.1, 0.15) is 4.90 Å². The topological polar surface area (TPSA) is 78.0 Å². The first kappa shape index (κ1) is 12.8. The molecule has 0 aliphatic heterocycles. The van der Waals surface area contributed by atoms with Crippen molar-refractivity contribution in [3.05, 3.63) is 48.3 Å². The minimum Gasteiger partial charge on any atom is -0.328 e. The first-order valence-corrected chi connectivity index (χ1v) is 7.40. The molecule has 18 heavy (non-hydrogen) atoms. The average Bonchev–Trinajstić information content (AvgIpc) is 2.81. The van der Waals surface area contributed by atoms with Gasteiger partial charge in [-0.05, 0) is 5.56 Å². The number of benzene rings is 1. The molecule has 0 saturated heterocycles. The Morgan fingerprint density at radius 3 is 2.50 bits per heavy atom. The Morgan fingerprint density at radius 2 is 2.00 bits per heavy atom. The van der Waals surface area contributed by atoms with E-state index in [0.717, 1.165) is 11.8 Å². The van der Waals surface area contributed by atoms with Gasteiger partial charge < -0.3 is 5.73 Å². The summed E-state index contributed by atoms with van der Waals surface area (Å²) < 4.78 is 24.4. The Morgan fingerprint density at radius 1 is 1.33 bits per heavy atom. The van der Waals surface area contributed by atoms with Gasteiger partial charge in [0.05, 0.1) is 12.2 Å². The first-order valence-electron chi connectivity index (χ1n) is 5.51. The predicted molar refractivity (Wildman–Crippen MR) is 69.0 cm³/mol. The summed E-state index contributed by atoms with van der Waals surface area (Å²) in [6, 6.07) is 9.49. The second kappa shape index (κ2) is 4.91. The molecule has 2 aromatic rings. The van der Waals surface area contributed by atoms with Crippen LogP contribution in [0.15, 0.2) is 47.6 Å². The molecule has 0 bridgehead atoms. The molecule has 1 heterocycles. The molecule has 1 unspecified atom stereocenters. The van der Waals surface area contributed by atoms with Crippen LogP contribution in [0.2, 0.25) is 0 Å². The van der Waals surface area contributed by atoms with Gasteiger partial charge in [-0.2, -0.15) is 5.10 Å². The normalized spacial score (nSPS) is 13.4. The van der Waals surface area contributed by atoms with Crippen molar-refractivity contribution in [1.82, 2.24) is 9.78 Å². The van der Waals surface area contributed by atoms with Gasteiger partial charge in [0.2, 0.25) is 0 Å². The zero-order valence-electron chi connectivity index (χ0n) is 10.0. The lowest BCUT2D eigenvalue weighted by Gasteiger charge is -2.15. The van der Waals surface area contributed by atoms with E-state index in [0.29, 0.717) is 6.54 Å². The Kier molecular flexibility index (Phi) is 3.49. The lowest BCUT2D eigenvalue weighted by Crippen LogP contribution is -2.20. The monoisotopic (exact) mass is 265 g/mol. The van der Waals surface area contributed by atoms with Crippen LogP contribution in [-0.4, -0.2) is 31.0 Å². The number of hydrogen-bond donors (Lipinski definition) is 1. The largest absolute Gasteiger partial charge is 0.328 e. The minimum absolute atomic E-state index is 0.151. The number of nitrogens with two attached hydrogens (primary N) is 1. The summed E-state index contributed by atoms with van der Waals surface area (Å²) in [7, 11) is -3.23. The maximum absolute atomic E-state index is 11.4. The molecule has 0 fully saturated rings. The SMILES string of the molecule is CS(=O)(=O)c1cnn(C(CN)c2ccccc2)c1. The van der Waals surface area contributed by atoms with Crippen molar-refractivity contribution in [3.8, 4) is 0 Å². The van der Waals surface area contributed by atoms with E-state index in [9.17, 15) is 8.42 Å². The third-order valence-electron chi connectivity index (χ3n) is 2.73. The fourth-order valence-corrected chi connectivity index (χ4v) is 2.29. The van der Waals surface area contributed by atoms with Crippen LogP contribution >= 0.6 is 0 Å². The van der Waals surface area contributed by atoms with Crippen LogP contribution in [-0.2, 0) is 9.84 Å². The Bertz CT molecular complexity index is 620. The highest BCUT2D eigenvalue weighted by Crippen LogP contribution is 2.18. The summed E-state index contributed by atoms with van der Waals surface area (Å²) in [5.41, 5.74) is 6.75. The van der Waals surface area contributed by atoms with Crippen LogP contribution in [0.5, 0.6) is 0 Å². The summed E-state index contributed by atoms with van der Waals surface area (Å²) >= 11 is 0. The van der Waals surface area contributed by atoms with Crippen LogP contribution in [0.3, 0.4) is 0 Å². The number of aromatic nitrogens is 2. The van der Waals surface area contributed by atoms with Gasteiger partial charge >= 0.3 is 0 Å². The summed E-state index contributed by atoms with van der Waals surface area (Å²) in [5, 5.41) is 4.09. The van der Waals surface area contributed by atoms with E-state index in [1.54, 1.807) is 4.68 Å². The van der Waals surface area contributed by atoms with E-state index in [1.807, 2.05) is 30.3 Å². The fourth-order valence-electron chi connectivity index (χ4n) is 1.75. The summed E-state index contributed by atoms with van der Waals surface area (Å²) in [6.45, 7) is 0.356. The van der Waals surface area contributed by atoms with E-state index >= 15 is 0 Å². The third kappa shape index (κ3) is 2.60. The molecule has 2 rings (SSSR count). The average molecular weight is 265 g/mol. The highest BCUT2D eigenvalue weighted by Gasteiger charge is 2.16. The molecule has 0 aliphatic rings. The molecular weight excluding hydrogens is 250 g/mol. The molecule has 96 valence electrons. The van der Waals surface area contributed by atoms with Crippen molar-refractivity contribution < 1.29 is 8.42 Å². The lowest BCUT2D eigenvalue weighted by molar-refractivity contribution is 0.530. The van der Waals surface area contributed by atoms with Gasteiger partial charge in [-0.3, -0.25) is 4.68 Å². The van der Waals surface area contributed by atoms with Crippen molar-refractivity contribution in [2.45, 2.75) is 10.9 Å². The number of rotatable bonds is 4.